The van der Waals surface area contributed by atoms with Crippen LogP contribution in [-0.4, -0.2) is 40.1 Å². The maximum Gasteiger partial charge on any atom is 0.261 e. The summed E-state index contributed by atoms with van der Waals surface area (Å²) in [7, 11) is 1.73. The largest absolute Gasteiger partial charge is 0.342 e. The Labute approximate surface area is 182 Å². The first kappa shape index (κ1) is 20.1. The Hall–Kier alpha value is -3.23. The first-order valence-electron chi connectivity index (χ1n) is 9.35. The van der Waals surface area contributed by atoms with E-state index in [1.807, 2.05) is 70.2 Å². The van der Waals surface area contributed by atoms with E-state index < -0.39 is 0 Å². The van der Waals surface area contributed by atoms with Crippen LogP contribution in [0.4, 0.5) is 0 Å². The second-order valence-electron chi connectivity index (χ2n) is 6.67. The number of hydrogen-bond acceptors (Lipinski definition) is 5. The first-order valence-corrected chi connectivity index (χ1v) is 11.1. The van der Waals surface area contributed by atoms with E-state index >= 15 is 0 Å². The van der Waals surface area contributed by atoms with Crippen molar-refractivity contribution in [3.8, 4) is 16.3 Å². The molecule has 1 aromatic carbocycles. The zero-order valence-electron chi connectivity index (χ0n) is 16.3. The summed E-state index contributed by atoms with van der Waals surface area (Å²) in [6, 6.07) is 17.4. The van der Waals surface area contributed by atoms with Crippen LogP contribution in [0.5, 0.6) is 0 Å². The van der Waals surface area contributed by atoms with Gasteiger partial charge in [0.05, 0.1) is 22.0 Å². The van der Waals surface area contributed by atoms with Crippen LogP contribution in [0.15, 0.2) is 71.6 Å². The van der Waals surface area contributed by atoms with E-state index in [1.54, 1.807) is 29.4 Å². The molecule has 4 aromatic rings. The second kappa shape index (κ2) is 9.06. The average molecular weight is 437 g/mol. The lowest BCUT2D eigenvalue weighted by atomic mass is 10.2. The van der Waals surface area contributed by atoms with Gasteiger partial charge in [0.1, 0.15) is 5.69 Å². The molecule has 30 heavy (non-hydrogen) atoms. The highest BCUT2D eigenvalue weighted by Crippen LogP contribution is 2.28. The summed E-state index contributed by atoms with van der Waals surface area (Å²) in [5, 5.41) is 11.3. The average Bonchev–Trinajstić information content (AvgIpc) is 3.53. The predicted molar refractivity (Wildman–Crippen MR) is 120 cm³/mol. The van der Waals surface area contributed by atoms with Crippen molar-refractivity contribution < 1.29 is 9.59 Å². The Kier molecular flexibility index (Phi) is 6.06. The summed E-state index contributed by atoms with van der Waals surface area (Å²) in [5.74, 6) is -0.396. The maximum atomic E-state index is 12.6. The molecule has 0 fully saturated rings. The summed E-state index contributed by atoms with van der Waals surface area (Å²) in [6.45, 7) is 0.349. The van der Waals surface area contributed by atoms with Crippen LogP contribution < -0.4 is 5.32 Å². The lowest BCUT2D eigenvalue weighted by Crippen LogP contribution is -2.37. The highest BCUT2D eigenvalue weighted by atomic mass is 32.1. The van der Waals surface area contributed by atoms with Crippen molar-refractivity contribution in [1.29, 1.82) is 0 Å². The summed E-state index contributed by atoms with van der Waals surface area (Å²) in [6.07, 6.45) is 1.96. The SMILES string of the molecule is CN(Cc1cn(-c2ccccc2)nc1-c1cccs1)C(=O)CNC(=O)c1cccs1. The fourth-order valence-corrected chi connectivity index (χ4v) is 4.37. The number of likely N-dealkylation sites (N-methyl/N-ethyl adjacent to an activating group) is 1. The minimum absolute atomic E-state index is 0.0472. The number of nitrogens with one attached hydrogen (secondary N) is 1. The van der Waals surface area contributed by atoms with Gasteiger partial charge in [-0.1, -0.05) is 30.3 Å². The van der Waals surface area contributed by atoms with Crippen molar-refractivity contribution in [1.82, 2.24) is 20.0 Å². The molecule has 0 aliphatic carbocycles. The van der Waals surface area contributed by atoms with Crippen molar-refractivity contribution in [2.75, 3.05) is 13.6 Å². The molecule has 0 aliphatic heterocycles. The molecule has 0 atom stereocenters. The third kappa shape index (κ3) is 4.50. The number of thiophene rings is 2. The van der Waals surface area contributed by atoms with Crippen LogP contribution >= 0.6 is 22.7 Å². The van der Waals surface area contributed by atoms with Crippen LogP contribution in [0.25, 0.3) is 16.3 Å². The van der Waals surface area contributed by atoms with E-state index in [1.165, 1.54) is 11.3 Å². The number of aromatic nitrogens is 2. The van der Waals surface area contributed by atoms with Crippen LogP contribution in [-0.2, 0) is 11.3 Å². The molecule has 2 amide bonds. The zero-order chi connectivity index (χ0) is 20.9. The smallest absolute Gasteiger partial charge is 0.261 e. The topological polar surface area (TPSA) is 67.2 Å². The van der Waals surface area contributed by atoms with E-state index in [-0.39, 0.29) is 18.4 Å². The number of carbonyl (C=O) groups excluding carboxylic acids is 2. The van der Waals surface area contributed by atoms with Crippen LogP contribution in [0.3, 0.4) is 0 Å². The monoisotopic (exact) mass is 436 g/mol. The lowest BCUT2D eigenvalue weighted by molar-refractivity contribution is -0.129. The normalized spacial score (nSPS) is 10.7. The molecule has 0 radical (unpaired) electrons. The fraction of sp³-hybridized carbons (Fsp3) is 0.136. The first-order chi connectivity index (χ1) is 14.6. The molecule has 8 heteroatoms. The Morgan fingerprint density at radius 1 is 1.03 bits per heavy atom. The van der Waals surface area contributed by atoms with Crippen molar-refractivity contribution in [3.05, 3.63) is 82.0 Å². The number of rotatable bonds is 7. The molecule has 3 aromatic heterocycles. The number of nitrogens with zero attached hydrogens (tertiary/aromatic N) is 3. The summed E-state index contributed by atoms with van der Waals surface area (Å²) >= 11 is 2.96. The van der Waals surface area contributed by atoms with Gasteiger partial charge in [0, 0.05) is 25.4 Å². The van der Waals surface area contributed by atoms with Crippen LogP contribution in [0.2, 0.25) is 0 Å². The molecule has 0 saturated heterocycles. The maximum absolute atomic E-state index is 12.6. The minimum atomic E-state index is -0.233. The highest BCUT2D eigenvalue weighted by Gasteiger charge is 2.18. The number of para-hydroxylation sites is 1. The molecule has 0 saturated carbocycles. The van der Waals surface area contributed by atoms with Crippen molar-refractivity contribution in [3.63, 3.8) is 0 Å². The third-order valence-electron chi connectivity index (χ3n) is 4.54. The molecular weight excluding hydrogens is 416 g/mol. The van der Waals surface area contributed by atoms with Crippen LogP contribution in [0.1, 0.15) is 15.2 Å². The third-order valence-corrected chi connectivity index (χ3v) is 6.29. The predicted octanol–water partition coefficient (Wildman–Crippen LogP) is 4.05. The molecule has 0 aliphatic rings. The van der Waals surface area contributed by atoms with Gasteiger partial charge in [0.25, 0.3) is 5.91 Å². The van der Waals surface area contributed by atoms with E-state index in [2.05, 4.69) is 5.32 Å². The van der Waals surface area contributed by atoms with Gasteiger partial charge in [-0.15, -0.1) is 22.7 Å². The van der Waals surface area contributed by atoms with Crippen molar-refractivity contribution >= 4 is 34.5 Å². The molecule has 3 heterocycles. The summed E-state index contributed by atoms with van der Waals surface area (Å²) in [4.78, 5) is 27.9. The van der Waals surface area contributed by atoms with E-state index in [9.17, 15) is 9.59 Å². The Morgan fingerprint density at radius 3 is 2.50 bits per heavy atom. The summed E-state index contributed by atoms with van der Waals surface area (Å²) < 4.78 is 1.83. The Morgan fingerprint density at radius 2 is 1.80 bits per heavy atom. The molecular formula is C22H20N4O2S2. The summed E-state index contributed by atoms with van der Waals surface area (Å²) in [5.41, 5.74) is 2.76. The number of amides is 2. The number of hydrogen-bond donors (Lipinski definition) is 1. The lowest BCUT2D eigenvalue weighted by Gasteiger charge is -2.17. The molecule has 0 bridgehead atoms. The number of benzene rings is 1. The molecule has 152 valence electrons. The minimum Gasteiger partial charge on any atom is -0.342 e. The van der Waals surface area contributed by atoms with E-state index in [4.69, 9.17) is 5.10 Å². The standard InChI is InChI=1S/C22H20N4O2S2/c1-25(20(27)13-23-22(28)19-10-6-12-30-19)14-16-15-26(17-7-3-2-4-8-17)24-21(16)18-9-5-11-29-18/h2-12,15H,13-14H2,1H3,(H,23,28). The Balaban J connectivity index is 1.49. The number of carbonyl (C=O) groups is 2. The molecule has 0 spiro atoms. The quantitative estimate of drug-likeness (QED) is 0.475. The van der Waals surface area contributed by atoms with Gasteiger partial charge >= 0.3 is 0 Å². The fourth-order valence-electron chi connectivity index (χ4n) is 2.99. The highest BCUT2D eigenvalue weighted by molar-refractivity contribution is 7.13. The molecule has 1 N–H and O–H groups in total. The van der Waals surface area contributed by atoms with Gasteiger partial charge in [-0.2, -0.15) is 5.10 Å². The second-order valence-corrected chi connectivity index (χ2v) is 8.57. The van der Waals surface area contributed by atoms with Crippen molar-refractivity contribution in [2.45, 2.75) is 6.54 Å². The van der Waals surface area contributed by atoms with Gasteiger partial charge in [-0.3, -0.25) is 9.59 Å². The van der Waals surface area contributed by atoms with Gasteiger partial charge < -0.3 is 10.2 Å². The van der Waals surface area contributed by atoms with Gasteiger partial charge in [-0.25, -0.2) is 4.68 Å². The van der Waals surface area contributed by atoms with E-state index in [0.717, 1.165) is 21.8 Å². The Bertz CT molecular complexity index is 1120. The van der Waals surface area contributed by atoms with Gasteiger partial charge in [0.2, 0.25) is 5.91 Å². The van der Waals surface area contributed by atoms with Crippen molar-refractivity contribution in [2.24, 2.45) is 0 Å². The zero-order valence-corrected chi connectivity index (χ0v) is 18.0. The molecule has 0 unspecified atom stereocenters. The van der Waals surface area contributed by atoms with Gasteiger partial charge in [-0.05, 0) is 35.0 Å². The van der Waals surface area contributed by atoms with E-state index in [0.29, 0.717) is 11.4 Å². The molecule has 4 rings (SSSR count). The molecule has 6 nitrogen and oxygen atoms in total. The van der Waals surface area contributed by atoms with Crippen LogP contribution in [0, 0.1) is 0 Å². The van der Waals surface area contributed by atoms with Gasteiger partial charge in [0.15, 0.2) is 0 Å².